The Morgan fingerprint density at radius 1 is 1.29 bits per heavy atom. The number of aromatic carboxylic acids is 1. The van der Waals surface area contributed by atoms with Gasteiger partial charge in [0.1, 0.15) is 17.9 Å². The highest BCUT2D eigenvalue weighted by molar-refractivity contribution is 9.10. The summed E-state index contributed by atoms with van der Waals surface area (Å²) in [5.74, 6) is -1.24. The average Bonchev–Trinajstić information content (AvgIpc) is 2.46. The van der Waals surface area contributed by atoms with E-state index in [0.717, 1.165) is 28.2 Å². The molecule has 108 valence electrons. The van der Waals surface area contributed by atoms with E-state index in [1.807, 2.05) is 24.3 Å². The van der Waals surface area contributed by atoms with Crippen LogP contribution in [0, 0.1) is 10.1 Å². The zero-order valence-electron chi connectivity index (χ0n) is 10.7. The molecule has 0 unspecified atom stereocenters. The molecule has 2 aromatic carbocycles. The fourth-order valence-corrected chi connectivity index (χ4v) is 2.09. The maximum Gasteiger partial charge on any atom is 0.339 e. The topological polar surface area (TPSA) is 89.7 Å². The number of nitro groups is 1. The molecule has 0 aliphatic carbocycles. The molecule has 0 radical (unpaired) electrons. The molecule has 2 aromatic rings. The average molecular weight is 352 g/mol. The first-order valence-corrected chi connectivity index (χ1v) is 6.66. The van der Waals surface area contributed by atoms with Crippen LogP contribution in [0.4, 0.5) is 5.69 Å². The number of halogens is 1. The van der Waals surface area contributed by atoms with Crippen LogP contribution in [-0.4, -0.2) is 16.0 Å². The summed E-state index contributed by atoms with van der Waals surface area (Å²) >= 11 is 3.35. The van der Waals surface area contributed by atoms with Crippen LogP contribution in [0.3, 0.4) is 0 Å². The summed E-state index contributed by atoms with van der Waals surface area (Å²) in [4.78, 5) is 21.3. The van der Waals surface area contributed by atoms with Crippen LogP contribution in [-0.2, 0) is 6.61 Å². The number of carboxylic acids is 1. The van der Waals surface area contributed by atoms with Crippen molar-refractivity contribution in [3.05, 3.63) is 68.2 Å². The molecule has 0 bridgehead atoms. The third-order valence-electron chi connectivity index (χ3n) is 2.75. The second-order valence-electron chi connectivity index (χ2n) is 4.12. The van der Waals surface area contributed by atoms with Crippen molar-refractivity contribution in [3.8, 4) is 5.75 Å². The van der Waals surface area contributed by atoms with E-state index in [2.05, 4.69) is 15.9 Å². The lowest BCUT2D eigenvalue weighted by Gasteiger charge is -2.10. The van der Waals surface area contributed by atoms with Gasteiger partial charge in [-0.3, -0.25) is 10.1 Å². The lowest BCUT2D eigenvalue weighted by Crippen LogP contribution is -2.04. The van der Waals surface area contributed by atoms with Crippen LogP contribution in [0.15, 0.2) is 46.9 Å². The number of hydrogen-bond donors (Lipinski definition) is 1. The smallest absolute Gasteiger partial charge is 0.339 e. The molecule has 0 aliphatic heterocycles. The first-order valence-electron chi connectivity index (χ1n) is 5.87. The van der Waals surface area contributed by atoms with Gasteiger partial charge in [0.05, 0.1) is 11.0 Å². The van der Waals surface area contributed by atoms with Crippen LogP contribution in [0.1, 0.15) is 15.9 Å². The third-order valence-corrected chi connectivity index (χ3v) is 3.52. The van der Waals surface area contributed by atoms with Gasteiger partial charge in [-0.1, -0.05) is 34.1 Å². The summed E-state index contributed by atoms with van der Waals surface area (Å²) < 4.78 is 6.25. The minimum absolute atomic E-state index is 0.0348. The van der Waals surface area contributed by atoms with E-state index in [0.29, 0.717) is 0 Å². The minimum atomic E-state index is -1.20. The van der Waals surface area contributed by atoms with Gasteiger partial charge in [-0.15, -0.1) is 0 Å². The van der Waals surface area contributed by atoms with Crippen molar-refractivity contribution in [1.82, 2.24) is 0 Å². The van der Waals surface area contributed by atoms with Crippen molar-refractivity contribution in [2.24, 2.45) is 0 Å². The molecular weight excluding hydrogens is 342 g/mol. The number of benzene rings is 2. The maximum atomic E-state index is 11.1. The molecule has 0 amide bonds. The van der Waals surface area contributed by atoms with Crippen LogP contribution in [0.2, 0.25) is 0 Å². The lowest BCUT2D eigenvalue weighted by atomic mass is 10.2. The molecule has 6 nitrogen and oxygen atoms in total. The number of carbonyl (C=O) groups is 1. The van der Waals surface area contributed by atoms with Crippen molar-refractivity contribution in [3.63, 3.8) is 0 Å². The second kappa shape index (κ2) is 6.36. The predicted molar refractivity (Wildman–Crippen MR) is 78.5 cm³/mol. The number of rotatable bonds is 5. The van der Waals surface area contributed by atoms with Crippen molar-refractivity contribution in [1.29, 1.82) is 0 Å². The largest absolute Gasteiger partial charge is 0.488 e. The molecule has 0 saturated heterocycles. The summed E-state index contributed by atoms with van der Waals surface area (Å²) in [7, 11) is 0. The molecule has 0 aliphatic rings. The number of nitro benzene ring substituents is 1. The first-order chi connectivity index (χ1) is 9.99. The quantitative estimate of drug-likeness (QED) is 0.656. The van der Waals surface area contributed by atoms with Crippen LogP contribution in [0.5, 0.6) is 5.75 Å². The Bertz CT molecular complexity index is 702. The Hall–Kier alpha value is -2.41. The Labute approximate surface area is 128 Å². The van der Waals surface area contributed by atoms with E-state index in [4.69, 9.17) is 9.84 Å². The number of non-ortho nitro benzene ring substituents is 1. The van der Waals surface area contributed by atoms with Crippen LogP contribution < -0.4 is 4.74 Å². The molecular formula is C14H10BrNO5. The van der Waals surface area contributed by atoms with Gasteiger partial charge >= 0.3 is 5.97 Å². The maximum absolute atomic E-state index is 11.1. The molecule has 0 fully saturated rings. The Morgan fingerprint density at radius 2 is 2.00 bits per heavy atom. The fourth-order valence-electron chi connectivity index (χ4n) is 1.69. The highest BCUT2D eigenvalue weighted by Gasteiger charge is 2.17. The van der Waals surface area contributed by atoms with Crippen molar-refractivity contribution >= 4 is 27.6 Å². The Kier molecular flexibility index (Phi) is 4.54. The van der Waals surface area contributed by atoms with Crippen LogP contribution >= 0.6 is 15.9 Å². The standard InChI is InChI=1S/C14H10BrNO5/c15-12-4-2-1-3-9(12)8-21-13-7-10(16(19)20)5-6-11(13)14(17)18/h1-7H,8H2,(H,17,18). The summed E-state index contributed by atoms with van der Waals surface area (Å²) in [6.07, 6.45) is 0. The zero-order valence-corrected chi connectivity index (χ0v) is 12.2. The van der Waals surface area contributed by atoms with Gasteiger partial charge in [-0.2, -0.15) is 0 Å². The molecule has 0 heterocycles. The van der Waals surface area contributed by atoms with E-state index >= 15 is 0 Å². The van der Waals surface area contributed by atoms with Gasteiger partial charge in [0.2, 0.25) is 0 Å². The highest BCUT2D eigenvalue weighted by Crippen LogP contribution is 2.26. The van der Waals surface area contributed by atoms with E-state index in [1.54, 1.807) is 0 Å². The van der Waals surface area contributed by atoms with Gasteiger partial charge in [-0.05, 0) is 12.1 Å². The number of hydrogen-bond acceptors (Lipinski definition) is 4. The SMILES string of the molecule is O=C(O)c1ccc([N+](=O)[O-])cc1OCc1ccccc1Br. The van der Waals surface area contributed by atoms with E-state index in [9.17, 15) is 14.9 Å². The normalized spacial score (nSPS) is 10.1. The van der Waals surface area contributed by atoms with Crippen molar-refractivity contribution in [2.45, 2.75) is 6.61 Å². The van der Waals surface area contributed by atoms with E-state index in [1.165, 1.54) is 0 Å². The Balaban J connectivity index is 2.29. The Morgan fingerprint density at radius 3 is 2.62 bits per heavy atom. The fraction of sp³-hybridized carbons (Fsp3) is 0.0714. The minimum Gasteiger partial charge on any atom is -0.488 e. The van der Waals surface area contributed by atoms with E-state index < -0.39 is 10.9 Å². The van der Waals surface area contributed by atoms with Crippen LogP contribution in [0.25, 0.3) is 0 Å². The van der Waals surface area contributed by atoms with Gasteiger partial charge < -0.3 is 9.84 Å². The summed E-state index contributed by atoms with van der Waals surface area (Å²) in [6.45, 7) is 0.100. The summed E-state index contributed by atoms with van der Waals surface area (Å²) in [6, 6.07) is 10.7. The van der Waals surface area contributed by atoms with Crippen molar-refractivity contribution in [2.75, 3.05) is 0 Å². The molecule has 21 heavy (non-hydrogen) atoms. The third kappa shape index (κ3) is 3.57. The van der Waals surface area contributed by atoms with Gasteiger partial charge in [-0.25, -0.2) is 4.79 Å². The monoisotopic (exact) mass is 351 g/mol. The highest BCUT2D eigenvalue weighted by atomic mass is 79.9. The molecule has 0 spiro atoms. The van der Waals surface area contributed by atoms with Gasteiger partial charge in [0.25, 0.3) is 5.69 Å². The molecule has 0 saturated carbocycles. The number of ether oxygens (including phenoxy) is 1. The molecule has 0 atom stereocenters. The summed E-state index contributed by atoms with van der Waals surface area (Å²) in [5, 5.41) is 19.8. The molecule has 2 rings (SSSR count). The second-order valence-corrected chi connectivity index (χ2v) is 4.98. The zero-order chi connectivity index (χ0) is 15.4. The van der Waals surface area contributed by atoms with Crippen molar-refractivity contribution < 1.29 is 19.6 Å². The molecule has 7 heteroatoms. The number of carboxylic acid groups (broad SMARTS) is 1. The lowest BCUT2D eigenvalue weighted by molar-refractivity contribution is -0.384. The predicted octanol–water partition coefficient (Wildman–Crippen LogP) is 3.63. The molecule has 0 aromatic heterocycles. The van der Waals surface area contributed by atoms with Gasteiger partial charge in [0.15, 0.2) is 0 Å². The number of nitrogens with zero attached hydrogens (tertiary/aromatic N) is 1. The first kappa shape index (κ1) is 15.0. The molecule has 1 N–H and O–H groups in total. The summed E-state index contributed by atoms with van der Waals surface area (Å²) in [5.41, 5.74) is 0.468. The van der Waals surface area contributed by atoms with E-state index in [-0.39, 0.29) is 23.6 Å². The van der Waals surface area contributed by atoms with Gasteiger partial charge in [0, 0.05) is 16.1 Å².